The van der Waals surface area contributed by atoms with Crippen molar-refractivity contribution >= 4 is 11.9 Å². The van der Waals surface area contributed by atoms with E-state index >= 15 is 0 Å². The molecule has 2 fully saturated rings. The number of likely N-dealkylation sites (tertiary alicyclic amines) is 1. The lowest BCUT2D eigenvalue weighted by atomic mass is 9.96. The molecule has 1 spiro atoms. The third-order valence-electron chi connectivity index (χ3n) is 3.52. The van der Waals surface area contributed by atoms with Crippen LogP contribution in [0.25, 0.3) is 0 Å². The first-order valence-corrected chi connectivity index (χ1v) is 5.36. The van der Waals surface area contributed by atoms with Gasteiger partial charge in [-0.2, -0.15) is 0 Å². The maximum Gasteiger partial charge on any atom is 0.326 e. The van der Waals surface area contributed by atoms with Crippen molar-refractivity contribution in [1.82, 2.24) is 10.2 Å². The molecule has 0 aromatic rings. The molecule has 84 valence electrons. The lowest BCUT2D eigenvalue weighted by Crippen LogP contribution is -2.50. The molecule has 0 bridgehead atoms. The second-order valence-corrected chi connectivity index (χ2v) is 4.38. The summed E-state index contributed by atoms with van der Waals surface area (Å²) >= 11 is 0. The minimum Gasteiger partial charge on any atom is -0.480 e. The van der Waals surface area contributed by atoms with Crippen LogP contribution in [0.5, 0.6) is 0 Å². The fourth-order valence-corrected chi connectivity index (χ4v) is 2.50. The van der Waals surface area contributed by atoms with Gasteiger partial charge in [0.15, 0.2) is 0 Å². The van der Waals surface area contributed by atoms with E-state index in [9.17, 15) is 9.59 Å². The highest BCUT2D eigenvalue weighted by Crippen LogP contribution is 2.32. The van der Waals surface area contributed by atoms with Crippen LogP contribution in [0.1, 0.15) is 26.2 Å². The van der Waals surface area contributed by atoms with Crippen LogP contribution in [0.2, 0.25) is 0 Å². The van der Waals surface area contributed by atoms with Gasteiger partial charge in [-0.15, -0.1) is 0 Å². The molecule has 5 heteroatoms. The largest absolute Gasteiger partial charge is 0.480 e. The SMILES string of the molecule is C[C@@H](C(=O)O)N1CCC2(CCCN2)C1=O. The van der Waals surface area contributed by atoms with Gasteiger partial charge in [-0.3, -0.25) is 4.79 Å². The molecule has 15 heavy (non-hydrogen) atoms. The quantitative estimate of drug-likeness (QED) is 0.666. The Kier molecular flexibility index (Phi) is 2.42. The Hall–Kier alpha value is -1.10. The third kappa shape index (κ3) is 1.51. The van der Waals surface area contributed by atoms with Gasteiger partial charge in [0.2, 0.25) is 5.91 Å². The van der Waals surface area contributed by atoms with Crippen LogP contribution in [-0.4, -0.2) is 46.6 Å². The maximum atomic E-state index is 12.1. The molecule has 2 aliphatic heterocycles. The number of aliphatic carboxylic acids is 1. The Morgan fingerprint density at radius 2 is 2.33 bits per heavy atom. The second kappa shape index (κ2) is 3.48. The smallest absolute Gasteiger partial charge is 0.326 e. The first-order chi connectivity index (χ1) is 7.07. The van der Waals surface area contributed by atoms with Gasteiger partial charge in [-0.1, -0.05) is 0 Å². The summed E-state index contributed by atoms with van der Waals surface area (Å²) in [4.78, 5) is 24.4. The maximum absolute atomic E-state index is 12.1. The van der Waals surface area contributed by atoms with Gasteiger partial charge in [0.25, 0.3) is 0 Å². The molecule has 1 amide bonds. The average Bonchev–Trinajstić information content (AvgIpc) is 2.77. The van der Waals surface area contributed by atoms with Gasteiger partial charge in [0, 0.05) is 6.54 Å². The fourth-order valence-electron chi connectivity index (χ4n) is 2.50. The Balaban J connectivity index is 2.13. The zero-order valence-corrected chi connectivity index (χ0v) is 8.82. The van der Waals surface area contributed by atoms with Crippen LogP contribution < -0.4 is 5.32 Å². The van der Waals surface area contributed by atoms with E-state index in [1.807, 2.05) is 0 Å². The zero-order valence-electron chi connectivity index (χ0n) is 8.82. The van der Waals surface area contributed by atoms with E-state index in [-0.39, 0.29) is 5.91 Å². The van der Waals surface area contributed by atoms with Crippen molar-refractivity contribution < 1.29 is 14.7 Å². The minimum atomic E-state index is -0.932. The van der Waals surface area contributed by atoms with Crippen LogP contribution >= 0.6 is 0 Å². The molecule has 2 aliphatic rings. The van der Waals surface area contributed by atoms with Crippen LogP contribution in [0.3, 0.4) is 0 Å². The number of nitrogens with one attached hydrogen (secondary N) is 1. The third-order valence-corrected chi connectivity index (χ3v) is 3.52. The normalized spacial score (nSPS) is 32.6. The molecule has 0 aromatic carbocycles. The van der Waals surface area contributed by atoms with E-state index in [0.717, 1.165) is 25.8 Å². The van der Waals surface area contributed by atoms with Crippen molar-refractivity contribution in [2.24, 2.45) is 0 Å². The van der Waals surface area contributed by atoms with Crippen LogP contribution in [0.15, 0.2) is 0 Å². The first-order valence-electron chi connectivity index (χ1n) is 5.36. The van der Waals surface area contributed by atoms with Crippen LogP contribution in [0, 0.1) is 0 Å². The average molecular weight is 212 g/mol. The highest BCUT2D eigenvalue weighted by Gasteiger charge is 2.50. The van der Waals surface area contributed by atoms with Crippen molar-refractivity contribution in [2.75, 3.05) is 13.1 Å². The number of carboxylic acid groups (broad SMARTS) is 1. The molecule has 0 radical (unpaired) electrons. The van der Waals surface area contributed by atoms with Gasteiger partial charge in [-0.05, 0) is 32.7 Å². The molecule has 2 saturated heterocycles. The van der Waals surface area contributed by atoms with Crippen molar-refractivity contribution in [3.05, 3.63) is 0 Å². The second-order valence-electron chi connectivity index (χ2n) is 4.38. The number of hydrogen-bond donors (Lipinski definition) is 2. The van der Waals surface area contributed by atoms with E-state index in [4.69, 9.17) is 5.11 Å². The number of carbonyl (C=O) groups excluding carboxylic acids is 1. The molecule has 0 aliphatic carbocycles. The summed E-state index contributed by atoms with van der Waals surface area (Å²) in [5.74, 6) is -0.965. The molecule has 2 N–H and O–H groups in total. The molecule has 0 aromatic heterocycles. The van der Waals surface area contributed by atoms with Crippen molar-refractivity contribution in [3.63, 3.8) is 0 Å². The number of hydrogen-bond acceptors (Lipinski definition) is 3. The standard InChI is InChI=1S/C10H16N2O3/c1-7(8(13)14)12-6-4-10(9(12)15)3-2-5-11-10/h7,11H,2-6H2,1H3,(H,13,14)/t7-,10?/m0/s1. The highest BCUT2D eigenvalue weighted by molar-refractivity contribution is 5.92. The Morgan fingerprint density at radius 1 is 1.60 bits per heavy atom. The lowest BCUT2D eigenvalue weighted by Gasteiger charge is -2.25. The summed E-state index contributed by atoms with van der Waals surface area (Å²) < 4.78 is 0. The molecular formula is C10H16N2O3. The lowest BCUT2D eigenvalue weighted by molar-refractivity contribution is -0.148. The van der Waals surface area contributed by atoms with Gasteiger partial charge >= 0.3 is 5.97 Å². The van der Waals surface area contributed by atoms with E-state index in [1.54, 1.807) is 6.92 Å². The molecular weight excluding hydrogens is 196 g/mol. The molecule has 1 unspecified atom stereocenters. The number of rotatable bonds is 2. The summed E-state index contributed by atoms with van der Waals surface area (Å²) in [6.07, 6.45) is 2.58. The summed E-state index contributed by atoms with van der Waals surface area (Å²) in [6, 6.07) is -0.709. The predicted molar refractivity (Wildman–Crippen MR) is 53.4 cm³/mol. The van der Waals surface area contributed by atoms with Gasteiger partial charge in [0.1, 0.15) is 6.04 Å². The summed E-state index contributed by atoms with van der Waals surface area (Å²) in [5, 5.41) is 12.1. The Labute approximate surface area is 88.4 Å². The number of nitrogens with zero attached hydrogens (tertiary/aromatic N) is 1. The molecule has 2 heterocycles. The Bertz CT molecular complexity index is 297. The number of carboxylic acids is 1. The molecule has 0 saturated carbocycles. The molecule has 2 atom stereocenters. The first kappa shape index (κ1) is 10.4. The van der Waals surface area contributed by atoms with E-state index in [1.165, 1.54) is 4.90 Å². The summed E-state index contributed by atoms with van der Waals surface area (Å²) in [6.45, 7) is 2.98. The van der Waals surface area contributed by atoms with Gasteiger partial charge < -0.3 is 15.3 Å². The summed E-state index contributed by atoms with van der Waals surface area (Å²) in [5.41, 5.74) is -0.441. The monoisotopic (exact) mass is 212 g/mol. The van der Waals surface area contributed by atoms with Crippen molar-refractivity contribution in [2.45, 2.75) is 37.8 Å². The van der Waals surface area contributed by atoms with Crippen molar-refractivity contribution in [3.8, 4) is 0 Å². The number of amides is 1. The Morgan fingerprint density at radius 3 is 2.87 bits per heavy atom. The van der Waals surface area contributed by atoms with Crippen LogP contribution in [0.4, 0.5) is 0 Å². The highest BCUT2D eigenvalue weighted by atomic mass is 16.4. The van der Waals surface area contributed by atoms with Gasteiger partial charge in [0.05, 0.1) is 5.54 Å². The fraction of sp³-hybridized carbons (Fsp3) is 0.800. The minimum absolute atomic E-state index is 0.0325. The van der Waals surface area contributed by atoms with Crippen molar-refractivity contribution in [1.29, 1.82) is 0 Å². The predicted octanol–water partition coefficient (Wildman–Crippen LogP) is -0.186. The molecule has 2 rings (SSSR count). The van der Waals surface area contributed by atoms with E-state index in [2.05, 4.69) is 5.32 Å². The van der Waals surface area contributed by atoms with Gasteiger partial charge in [-0.25, -0.2) is 4.79 Å². The summed E-state index contributed by atoms with van der Waals surface area (Å²) in [7, 11) is 0. The van der Waals surface area contributed by atoms with E-state index < -0.39 is 17.6 Å². The number of carbonyl (C=O) groups is 2. The molecule has 5 nitrogen and oxygen atoms in total. The van der Waals surface area contributed by atoms with E-state index in [0.29, 0.717) is 6.54 Å². The topological polar surface area (TPSA) is 69.6 Å². The van der Waals surface area contributed by atoms with Crippen LogP contribution in [-0.2, 0) is 9.59 Å². The zero-order chi connectivity index (χ0) is 11.1.